The highest BCUT2D eigenvalue weighted by molar-refractivity contribution is 5.85. The largest absolute Gasteiger partial charge is 0.371 e. The highest BCUT2D eigenvalue weighted by Crippen LogP contribution is 2.22. The molecule has 1 aliphatic rings. The lowest BCUT2D eigenvalue weighted by Gasteiger charge is -2.24. The highest BCUT2D eigenvalue weighted by Gasteiger charge is 2.20. The fourth-order valence-electron chi connectivity index (χ4n) is 1.53. The van der Waals surface area contributed by atoms with Crippen molar-refractivity contribution in [3.8, 4) is 0 Å². The van der Waals surface area contributed by atoms with Gasteiger partial charge >= 0.3 is 0 Å². The zero-order valence-electron chi connectivity index (χ0n) is 8.00. The van der Waals surface area contributed by atoms with Gasteiger partial charge in [0.05, 0.1) is 12.7 Å². The number of morpholine rings is 1. The topological polar surface area (TPSA) is 21.3 Å². The highest BCUT2D eigenvalue weighted by atomic mass is 35.5. The Morgan fingerprint density at radius 1 is 1.33 bits per heavy atom. The van der Waals surface area contributed by atoms with E-state index in [0.717, 1.165) is 12.6 Å². The molecule has 1 aromatic rings. The summed E-state index contributed by atoms with van der Waals surface area (Å²) in [5, 5.41) is 3.07. The van der Waals surface area contributed by atoms with Crippen LogP contribution in [0.1, 0.15) is 11.7 Å². The lowest BCUT2D eigenvalue weighted by molar-refractivity contribution is 0.0251. The molecule has 0 amide bonds. The average molecular weight is 236 g/mol. The van der Waals surface area contributed by atoms with Gasteiger partial charge in [-0.05, 0) is 6.07 Å². The first-order chi connectivity index (χ1) is 6.79. The Balaban J connectivity index is 0.00000112. The van der Waals surface area contributed by atoms with Gasteiger partial charge in [-0.3, -0.25) is 0 Å². The van der Waals surface area contributed by atoms with Crippen LogP contribution in [0.15, 0.2) is 18.2 Å². The van der Waals surface area contributed by atoms with Crippen LogP contribution in [-0.4, -0.2) is 19.7 Å². The second-order valence-electron chi connectivity index (χ2n) is 3.21. The Morgan fingerprint density at radius 2 is 2.13 bits per heavy atom. The molecule has 0 bridgehead atoms. The van der Waals surface area contributed by atoms with Gasteiger partial charge in [0.25, 0.3) is 0 Å². The number of hydrogen-bond acceptors (Lipinski definition) is 2. The average Bonchev–Trinajstić information content (AvgIpc) is 2.23. The van der Waals surface area contributed by atoms with Gasteiger partial charge in [-0.15, -0.1) is 12.4 Å². The zero-order valence-corrected chi connectivity index (χ0v) is 8.82. The Bertz CT molecular complexity index is 329. The molecule has 1 fully saturated rings. The summed E-state index contributed by atoms with van der Waals surface area (Å²) in [6, 6.07) is 4.15. The van der Waals surface area contributed by atoms with Crippen molar-refractivity contribution in [2.45, 2.75) is 6.10 Å². The zero-order chi connectivity index (χ0) is 9.97. The van der Waals surface area contributed by atoms with Crippen molar-refractivity contribution in [3.63, 3.8) is 0 Å². The molecule has 5 heteroatoms. The van der Waals surface area contributed by atoms with Gasteiger partial charge in [0, 0.05) is 18.7 Å². The van der Waals surface area contributed by atoms with Gasteiger partial charge < -0.3 is 10.1 Å². The molecule has 2 rings (SSSR count). The van der Waals surface area contributed by atoms with E-state index in [9.17, 15) is 8.78 Å². The lowest BCUT2D eigenvalue weighted by atomic mass is 10.1. The van der Waals surface area contributed by atoms with Crippen LogP contribution in [-0.2, 0) is 4.74 Å². The third-order valence-electron chi connectivity index (χ3n) is 2.26. The first-order valence-corrected chi connectivity index (χ1v) is 4.55. The van der Waals surface area contributed by atoms with E-state index in [4.69, 9.17) is 4.74 Å². The SMILES string of the molecule is Cl.Fc1cccc(C2CNCCO2)c1F. The quantitative estimate of drug-likeness (QED) is 0.805. The van der Waals surface area contributed by atoms with Crippen molar-refractivity contribution in [2.24, 2.45) is 0 Å². The Morgan fingerprint density at radius 3 is 2.80 bits per heavy atom. The summed E-state index contributed by atoms with van der Waals surface area (Å²) in [6.07, 6.45) is -0.376. The molecule has 0 saturated carbocycles. The van der Waals surface area contributed by atoms with Crippen molar-refractivity contribution in [1.82, 2.24) is 5.32 Å². The summed E-state index contributed by atoms with van der Waals surface area (Å²) < 4.78 is 31.5. The van der Waals surface area contributed by atoms with E-state index in [1.165, 1.54) is 6.07 Å². The van der Waals surface area contributed by atoms with Crippen molar-refractivity contribution >= 4 is 12.4 Å². The summed E-state index contributed by atoms with van der Waals surface area (Å²) in [5.41, 5.74) is 0.289. The summed E-state index contributed by atoms with van der Waals surface area (Å²) in [4.78, 5) is 0. The van der Waals surface area contributed by atoms with Gasteiger partial charge in [0.2, 0.25) is 0 Å². The van der Waals surface area contributed by atoms with Crippen LogP contribution in [0.5, 0.6) is 0 Å². The second kappa shape index (κ2) is 5.39. The standard InChI is InChI=1S/C10H11F2NO.ClH/c11-8-3-1-2-7(10(8)12)9-6-13-4-5-14-9;/h1-3,9,13H,4-6H2;1H. The number of hydrogen-bond donors (Lipinski definition) is 1. The van der Waals surface area contributed by atoms with Crippen molar-refractivity contribution in [2.75, 3.05) is 19.7 Å². The number of ether oxygens (including phenoxy) is 1. The Hall–Kier alpha value is -0.710. The van der Waals surface area contributed by atoms with E-state index >= 15 is 0 Å². The van der Waals surface area contributed by atoms with Gasteiger partial charge in [-0.2, -0.15) is 0 Å². The van der Waals surface area contributed by atoms with Crippen molar-refractivity contribution in [1.29, 1.82) is 0 Å². The molecule has 1 saturated heterocycles. The minimum Gasteiger partial charge on any atom is -0.371 e. The third-order valence-corrected chi connectivity index (χ3v) is 2.26. The summed E-state index contributed by atoms with van der Waals surface area (Å²) in [6.45, 7) is 1.81. The predicted molar refractivity (Wildman–Crippen MR) is 55.2 cm³/mol. The van der Waals surface area contributed by atoms with Crippen LogP contribution in [0.2, 0.25) is 0 Å². The minimum absolute atomic E-state index is 0. The maximum atomic E-state index is 13.3. The van der Waals surface area contributed by atoms with E-state index in [1.807, 2.05) is 0 Å². The Kier molecular flexibility index (Phi) is 4.45. The molecule has 1 heterocycles. The predicted octanol–water partition coefficient (Wildman–Crippen LogP) is 2.05. The molecule has 0 radical (unpaired) electrons. The van der Waals surface area contributed by atoms with Gasteiger partial charge in [0.15, 0.2) is 11.6 Å². The number of rotatable bonds is 1. The van der Waals surface area contributed by atoms with E-state index in [0.29, 0.717) is 13.2 Å². The van der Waals surface area contributed by atoms with Crippen LogP contribution in [0.3, 0.4) is 0 Å². The van der Waals surface area contributed by atoms with Crippen LogP contribution in [0, 0.1) is 11.6 Å². The molecule has 1 N–H and O–H groups in total. The number of nitrogens with one attached hydrogen (secondary N) is 1. The molecule has 1 aliphatic heterocycles. The molecule has 0 spiro atoms. The summed E-state index contributed by atoms with van der Waals surface area (Å²) in [5.74, 6) is -1.63. The van der Waals surface area contributed by atoms with Crippen molar-refractivity contribution in [3.05, 3.63) is 35.4 Å². The third kappa shape index (κ3) is 2.65. The second-order valence-corrected chi connectivity index (χ2v) is 3.21. The minimum atomic E-state index is -0.823. The molecular weight excluding hydrogens is 224 g/mol. The molecule has 84 valence electrons. The lowest BCUT2D eigenvalue weighted by Crippen LogP contribution is -2.33. The maximum absolute atomic E-state index is 13.3. The normalized spacial score (nSPS) is 20.8. The fraction of sp³-hybridized carbons (Fsp3) is 0.400. The van der Waals surface area contributed by atoms with Crippen LogP contribution in [0.4, 0.5) is 8.78 Å². The maximum Gasteiger partial charge on any atom is 0.164 e. The van der Waals surface area contributed by atoms with E-state index < -0.39 is 11.6 Å². The fourth-order valence-corrected chi connectivity index (χ4v) is 1.53. The molecule has 1 unspecified atom stereocenters. The van der Waals surface area contributed by atoms with Crippen molar-refractivity contribution < 1.29 is 13.5 Å². The molecular formula is C10H12ClF2NO. The van der Waals surface area contributed by atoms with Crippen LogP contribution in [0.25, 0.3) is 0 Å². The molecule has 0 aliphatic carbocycles. The first-order valence-electron chi connectivity index (χ1n) is 4.55. The molecule has 2 nitrogen and oxygen atoms in total. The van der Waals surface area contributed by atoms with Crippen LogP contribution < -0.4 is 5.32 Å². The number of halogens is 3. The van der Waals surface area contributed by atoms with Gasteiger partial charge in [-0.1, -0.05) is 12.1 Å². The molecule has 0 aromatic heterocycles. The summed E-state index contributed by atoms with van der Waals surface area (Å²) in [7, 11) is 0. The first kappa shape index (κ1) is 12.4. The van der Waals surface area contributed by atoms with Crippen LogP contribution >= 0.6 is 12.4 Å². The van der Waals surface area contributed by atoms with Gasteiger partial charge in [0.1, 0.15) is 0 Å². The van der Waals surface area contributed by atoms with E-state index in [-0.39, 0.29) is 24.1 Å². The monoisotopic (exact) mass is 235 g/mol. The van der Waals surface area contributed by atoms with Gasteiger partial charge in [-0.25, -0.2) is 8.78 Å². The smallest absolute Gasteiger partial charge is 0.164 e. The molecule has 15 heavy (non-hydrogen) atoms. The van der Waals surface area contributed by atoms with E-state index in [2.05, 4.69) is 5.32 Å². The molecule has 1 atom stereocenters. The Labute approximate surface area is 93.0 Å². The summed E-state index contributed by atoms with van der Waals surface area (Å²) >= 11 is 0. The number of benzene rings is 1. The molecule has 1 aromatic carbocycles. The van der Waals surface area contributed by atoms with E-state index in [1.54, 1.807) is 6.07 Å².